The lowest BCUT2D eigenvalue weighted by Crippen LogP contribution is -2.08. The lowest BCUT2D eigenvalue weighted by Gasteiger charge is -2.12. The fraction of sp³-hybridized carbons (Fsp3) is 0.125. The minimum absolute atomic E-state index is 0.0528. The van der Waals surface area contributed by atoms with Gasteiger partial charge in [-0.15, -0.1) is 0 Å². The number of benzene rings is 3. The zero-order valence-electron chi connectivity index (χ0n) is 18.1. The number of aryl methyl sites for hydroxylation is 1. The summed E-state index contributed by atoms with van der Waals surface area (Å²) in [5.41, 5.74) is 0.0148. The third kappa shape index (κ3) is 4.16. The number of nitro groups is 2. The van der Waals surface area contributed by atoms with Crippen LogP contribution in [0.2, 0.25) is 0 Å². The molecule has 0 saturated heterocycles. The van der Waals surface area contributed by atoms with Crippen molar-refractivity contribution in [3.8, 4) is 28.6 Å². The largest absolute Gasteiger partial charge is 0.497 e. The number of hydrogen-bond acceptors (Lipinski definition) is 8. The number of methoxy groups -OCH3 is 1. The summed E-state index contributed by atoms with van der Waals surface area (Å²) < 4.78 is 17.0. The first-order chi connectivity index (χ1) is 16.3. The first kappa shape index (κ1) is 22.5. The number of ether oxygens (including phenoxy) is 2. The molecule has 0 radical (unpaired) electrons. The summed E-state index contributed by atoms with van der Waals surface area (Å²) in [6.45, 7) is 1.94. The van der Waals surface area contributed by atoms with Gasteiger partial charge < -0.3 is 13.9 Å². The minimum Gasteiger partial charge on any atom is -0.497 e. The average molecular weight is 462 g/mol. The molecule has 1 aromatic heterocycles. The predicted molar refractivity (Wildman–Crippen MR) is 124 cm³/mol. The second-order valence-corrected chi connectivity index (χ2v) is 7.27. The minimum atomic E-state index is -0.812. The lowest BCUT2D eigenvalue weighted by molar-refractivity contribution is -0.394. The van der Waals surface area contributed by atoms with E-state index in [9.17, 15) is 25.0 Å². The van der Waals surface area contributed by atoms with Gasteiger partial charge in [0.1, 0.15) is 11.3 Å². The Hall–Kier alpha value is -4.73. The summed E-state index contributed by atoms with van der Waals surface area (Å²) in [6.07, 6.45) is 0.680. The molecule has 0 unspecified atom stereocenters. The van der Waals surface area contributed by atoms with Gasteiger partial charge in [-0.05, 0) is 54.4 Å². The van der Waals surface area contributed by atoms with Crippen molar-refractivity contribution in [2.45, 2.75) is 13.3 Å². The van der Waals surface area contributed by atoms with Crippen LogP contribution in [-0.2, 0) is 6.42 Å². The Kier molecular flexibility index (Phi) is 5.96. The van der Waals surface area contributed by atoms with E-state index < -0.39 is 26.7 Å². The molecule has 0 spiro atoms. The molecule has 34 heavy (non-hydrogen) atoms. The number of nitro benzene ring substituents is 2. The van der Waals surface area contributed by atoms with E-state index in [1.54, 1.807) is 36.4 Å². The summed E-state index contributed by atoms with van der Waals surface area (Å²) in [5, 5.41) is 22.9. The van der Waals surface area contributed by atoms with Crippen LogP contribution in [0.1, 0.15) is 12.5 Å². The first-order valence-electron chi connectivity index (χ1n) is 10.2. The summed E-state index contributed by atoms with van der Waals surface area (Å²) in [4.78, 5) is 34.6. The van der Waals surface area contributed by atoms with Crippen molar-refractivity contribution in [2.24, 2.45) is 0 Å². The van der Waals surface area contributed by atoms with Crippen molar-refractivity contribution in [1.29, 1.82) is 0 Å². The Morgan fingerprint density at radius 1 is 0.941 bits per heavy atom. The second kappa shape index (κ2) is 9.02. The third-order valence-electron chi connectivity index (χ3n) is 5.24. The van der Waals surface area contributed by atoms with Gasteiger partial charge >= 0.3 is 5.69 Å². The summed E-state index contributed by atoms with van der Waals surface area (Å²) in [7, 11) is 1.51. The Balaban J connectivity index is 1.96. The summed E-state index contributed by atoms with van der Waals surface area (Å²) in [6, 6.07) is 14.8. The van der Waals surface area contributed by atoms with E-state index in [0.29, 0.717) is 23.3 Å². The maximum atomic E-state index is 13.5. The second-order valence-electron chi connectivity index (χ2n) is 7.27. The maximum absolute atomic E-state index is 13.5. The SMILES string of the molecule is CCc1ccc2oc(-c3ccc(OC)cc3)c(Oc3ccc([N+](=O)[O-])cc3[N+](=O)[O-])c(=O)c2c1. The van der Waals surface area contributed by atoms with E-state index in [4.69, 9.17) is 13.9 Å². The van der Waals surface area contributed by atoms with Crippen molar-refractivity contribution in [3.63, 3.8) is 0 Å². The molecule has 4 aromatic rings. The predicted octanol–water partition coefficient (Wildman–Crippen LogP) is 5.64. The number of fused-ring (bicyclic) bond motifs is 1. The van der Waals surface area contributed by atoms with Crippen molar-refractivity contribution in [2.75, 3.05) is 7.11 Å². The fourth-order valence-corrected chi connectivity index (χ4v) is 3.43. The average Bonchev–Trinajstić information content (AvgIpc) is 2.85. The Morgan fingerprint density at radius 3 is 2.29 bits per heavy atom. The van der Waals surface area contributed by atoms with Gasteiger partial charge in [-0.25, -0.2) is 0 Å². The number of hydrogen-bond donors (Lipinski definition) is 0. The maximum Gasteiger partial charge on any atom is 0.318 e. The van der Waals surface area contributed by atoms with E-state index in [-0.39, 0.29) is 22.6 Å². The topological polar surface area (TPSA) is 135 Å². The van der Waals surface area contributed by atoms with E-state index >= 15 is 0 Å². The van der Waals surface area contributed by atoms with E-state index in [1.807, 2.05) is 13.0 Å². The highest BCUT2D eigenvalue weighted by Gasteiger charge is 2.25. The number of nitrogens with zero attached hydrogens (tertiary/aromatic N) is 2. The van der Waals surface area contributed by atoms with E-state index in [1.165, 1.54) is 7.11 Å². The standard InChI is InChI=1S/C24H18N2O8/c1-3-14-4-10-20-18(12-14)22(27)24(23(33-20)15-5-8-17(32-2)9-6-15)34-21-11-7-16(25(28)29)13-19(21)26(30)31/h4-13H,3H2,1-2H3. The molecule has 10 nitrogen and oxygen atoms in total. The van der Waals surface area contributed by atoms with Gasteiger partial charge in [-0.1, -0.05) is 13.0 Å². The molecule has 0 fully saturated rings. The molecule has 4 rings (SSSR count). The third-order valence-corrected chi connectivity index (χ3v) is 5.24. The van der Waals surface area contributed by atoms with Gasteiger partial charge in [-0.2, -0.15) is 0 Å². The van der Waals surface area contributed by atoms with Crippen LogP contribution in [0, 0.1) is 20.2 Å². The molecule has 0 aliphatic rings. The number of non-ortho nitro benzene ring substituents is 1. The molecule has 0 amide bonds. The molecule has 10 heteroatoms. The van der Waals surface area contributed by atoms with E-state index in [2.05, 4.69) is 0 Å². The van der Waals surface area contributed by atoms with Crippen LogP contribution in [0.3, 0.4) is 0 Å². The smallest absolute Gasteiger partial charge is 0.318 e. The highest BCUT2D eigenvalue weighted by Crippen LogP contribution is 2.38. The molecule has 0 atom stereocenters. The molecule has 0 saturated carbocycles. The molecule has 3 aromatic carbocycles. The highest BCUT2D eigenvalue weighted by molar-refractivity contribution is 5.83. The molecular formula is C24H18N2O8. The van der Waals surface area contributed by atoms with Crippen LogP contribution in [0.15, 0.2) is 69.9 Å². The van der Waals surface area contributed by atoms with Crippen LogP contribution in [0.4, 0.5) is 11.4 Å². The summed E-state index contributed by atoms with van der Waals surface area (Å²) in [5.74, 6) is 0.0246. The molecule has 0 bridgehead atoms. The molecular weight excluding hydrogens is 444 g/mol. The monoisotopic (exact) mass is 462 g/mol. The van der Waals surface area contributed by atoms with Gasteiger partial charge in [0.25, 0.3) is 5.69 Å². The normalized spacial score (nSPS) is 10.8. The van der Waals surface area contributed by atoms with Crippen LogP contribution in [0.25, 0.3) is 22.3 Å². The molecule has 172 valence electrons. The fourth-order valence-electron chi connectivity index (χ4n) is 3.43. The van der Waals surface area contributed by atoms with Gasteiger partial charge in [0, 0.05) is 11.6 Å². The Morgan fingerprint density at radius 2 is 1.68 bits per heavy atom. The summed E-state index contributed by atoms with van der Waals surface area (Å²) >= 11 is 0. The van der Waals surface area contributed by atoms with Crippen molar-refractivity contribution < 1.29 is 23.7 Å². The molecule has 0 N–H and O–H groups in total. The quantitative estimate of drug-likeness (QED) is 0.254. The van der Waals surface area contributed by atoms with E-state index in [0.717, 1.165) is 23.8 Å². The van der Waals surface area contributed by atoms with Crippen molar-refractivity contribution >= 4 is 22.3 Å². The van der Waals surface area contributed by atoms with Gasteiger partial charge in [0.15, 0.2) is 5.76 Å². The van der Waals surface area contributed by atoms with Crippen LogP contribution >= 0.6 is 0 Å². The van der Waals surface area contributed by atoms with Crippen LogP contribution in [-0.4, -0.2) is 17.0 Å². The lowest BCUT2D eigenvalue weighted by atomic mass is 10.1. The molecule has 1 heterocycles. The Bertz CT molecular complexity index is 1480. The van der Waals surface area contributed by atoms with Crippen molar-refractivity contribution in [1.82, 2.24) is 0 Å². The first-order valence-corrected chi connectivity index (χ1v) is 10.2. The van der Waals surface area contributed by atoms with Crippen LogP contribution in [0.5, 0.6) is 17.2 Å². The highest BCUT2D eigenvalue weighted by atomic mass is 16.6. The van der Waals surface area contributed by atoms with Gasteiger partial charge in [-0.3, -0.25) is 25.0 Å². The zero-order valence-corrected chi connectivity index (χ0v) is 18.1. The van der Waals surface area contributed by atoms with Crippen LogP contribution < -0.4 is 14.9 Å². The van der Waals surface area contributed by atoms with Gasteiger partial charge in [0.2, 0.25) is 16.9 Å². The van der Waals surface area contributed by atoms with Gasteiger partial charge in [0.05, 0.1) is 28.4 Å². The zero-order chi connectivity index (χ0) is 24.4. The molecule has 0 aliphatic heterocycles. The number of rotatable bonds is 7. The molecule has 0 aliphatic carbocycles. The van der Waals surface area contributed by atoms with Crippen molar-refractivity contribution in [3.05, 3.63) is 96.7 Å². The Labute approximate surface area is 192 Å².